The Morgan fingerprint density at radius 3 is 2.55 bits per heavy atom. The standard InChI is InChI=1S/C12H18N2O4S2/c1-3-20(17,18)13-11-7-6-10-5-4-8-14(12(10)9-11)19(2,15)16/h6-7,9,13H,3-5,8H2,1-2H3. The lowest BCUT2D eigenvalue weighted by Gasteiger charge is -2.29. The zero-order chi connectivity index (χ0) is 15.0. The van der Waals surface area contributed by atoms with Gasteiger partial charge in [0.15, 0.2) is 0 Å². The largest absolute Gasteiger partial charge is 0.283 e. The average Bonchev–Trinajstić information content (AvgIpc) is 2.36. The molecule has 1 aliphatic heterocycles. The lowest BCUT2D eigenvalue weighted by atomic mass is 10.0. The lowest BCUT2D eigenvalue weighted by molar-refractivity contribution is 0.592. The van der Waals surface area contributed by atoms with Gasteiger partial charge in [-0.25, -0.2) is 16.8 Å². The smallest absolute Gasteiger partial charge is 0.232 e. The minimum Gasteiger partial charge on any atom is -0.283 e. The first-order chi connectivity index (χ1) is 9.23. The summed E-state index contributed by atoms with van der Waals surface area (Å²) in [6.07, 6.45) is 2.72. The Morgan fingerprint density at radius 1 is 1.25 bits per heavy atom. The van der Waals surface area contributed by atoms with E-state index in [0.717, 1.165) is 24.7 Å². The van der Waals surface area contributed by atoms with Crippen molar-refractivity contribution in [1.82, 2.24) is 0 Å². The second-order valence-corrected chi connectivity index (χ2v) is 8.71. The molecule has 1 heterocycles. The molecule has 1 aromatic rings. The number of anilines is 2. The summed E-state index contributed by atoms with van der Waals surface area (Å²) >= 11 is 0. The van der Waals surface area contributed by atoms with Crippen molar-refractivity contribution in [1.29, 1.82) is 0 Å². The summed E-state index contributed by atoms with van der Waals surface area (Å²) in [7, 11) is -6.72. The molecule has 0 aliphatic carbocycles. The van der Waals surface area contributed by atoms with Gasteiger partial charge >= 0.3 is 0 Å². The van der Waals surface area contributed by atoms with Gasteiger partial charge in [-0.1, -0.05) is 6.07 Å². The van der Waals surface area contributed by atoms with Gasteiger partial charge < -0.3 is 0 Å². The van der Waals surface area contributed by atoms with E-state index in [9.17, 15) is 16.8 Å². The lowest BCUT2D eigenvalue weighted by Crippen LogP contribution is -2.34. The van der Waals surface area contributed by atoms with Crippen LogP contribution in [-0.4, -0.2) is 35.4 Å². The van der Waals surface area contributed by atoms with Crippen molar-refractivity contribution in [2.45, 2.75) is 19.8 Å². The van der Waals surface area contributed by atoms with E-state index in [-0.39, 0.29) is 5.75 Å². The maximum atomic E-state index is 11.8. The monoisotopic (exact) mass is 318 g/mol. The molecular formula is C12H18N2O4S2. The van der Waals surface area contributed by atoms with Gasteiger partial charge in [0.1, 0.15) is 0 Å². The van der Waals surface area contributed by atoms with E-state index in [4.69, 9.17) is 0 Å². The van der Waals surface area contributed by atoms with E-state index in [1.807, 2.05) is 0 Å². The third kappa shape index (κ3) is 3.24. The Labute approximate surface area is 119 Å². The fourth-order valence-electron chi connectivity index (χ4n) is 2.20. The molecular weight excluding hydrogens is 300 g/mol. The van der Waals surface area contributed by atoms with Crippen LogP contribution in [0.2, 0.25) is 0 Å². The summed E-state index contributed by atoms with van der Waals surface area (Å²) in [5.41, 5.74) is 1.87. The van der Waals surface area contributed by atoms with Crippen LogP contribution in [0, 0.1) is 0 Å². The minimum atomic E-state index is -3.37. The molecule has 1 N–H and O–H groups in total. The quantitative estimate of drug-likeness (QED) is 0.903. The van der Waals surface area contributed by atoms with E-state index in [1.165, 1.54) is 4.31 Å². The predicted molar refractivity (Wildman–Crippen MR) is 80.0 cm³/mol. The predicted octanol–water partition coefficient (Wildman–Crippen LogP) is 1.16. The minimum absolute atomic E-state index is 0.0279. The molecule has 0 bridgehead atoms. The SMILES string of the molecule is CCS(=O)(=O)Nc1ccc2c(c1)N(S(C)(=O)=O)CCC2. The van der Waals surface area contributed by atoms with Crippen LogP contribution >= 0.6 is 0 Å². The number of hydrogen-bond donors (Lipinski definition) is 1. The molecule has 0 unspecified atom stereocenters. The molecule has 20 heavy (non-hydrogen) atoms. The van der Waals surface area contributed by atoms with Crippen LogP contribution in [-0.2, 0) is 26.5 Å². The molecule has 0 atom stereocenters. The van der Waals surface area contributed by atoms with Crippen LogP contribution in [0.1, 0.15) is 18.9 Å². The maximum Gasteiger partial charge on any atom is 0.232 e. The van der Waals surface area contributed by atoms with Crippen molar-refractivity contribution in [2.75, 3.05) is 27.6 Å². The molecule has 0 aromatic heterocycles. The molecule has 2 rings (SSSR count). The number of nitrogens with zero attached hydrogens (tertiary/aromatic N) is 1. The topological polar surface area (TPSA) is 83.6 Å². The van der Waals surface area contributed by atoms with Crippen molar-refractivity contribution in [3.8, 4) is 0 Å². The van der Waals surface area contributed by atoms with Gasteiger partial charge in [0.05, 0.1) is 23.4 Å². The van der Waals surface area contributed by atoms with E-state index >= 15 is 0 Å². The van der Waals surface area contributed by atoms with Gasteiger partial charge in [-0.2, -0.15) is 0 Å². The molecule has 0 radical (unpaired) electrons. The Kier molecular flexibility index (Phi) is 3.97. The second-order valence-electron chi connectivity index (χ2n) is 4.79. The highest BCUT2D eigenvalue weighted by Crippen LogP contribution is 2.31. The van der Waals surface area contributed by atoms with Crippen LogP contribution < -0.4 is 9.03 Å². The van der Waals surface area contributed by atoms with Crippen LogP contribution in [0.3, 0.4) is 0 Å². The zero-order valence-electron chi connectivity index (χ0n) is 11.5. The summed E-state index contributed by atoms with van der Waals surface area (Å²) < 4.78 is 50.5. The number of sulfonamides is 2. The number of nitrogens with one attached hydrogen (secondary N) is 1. The highest BCUT2D eigenvalue weighted by Gasteiger charge is 2.24. The molecule has 1 aliphatic rings. The number of aryl methyl sites for hydroxylation is 1. The summed E-state index contributed by atoms with van der Waals surface area (Å²) in [6, 6.07) is 5.03. The first kappa shape index (κ1) is 15.1. The van der Waals surface area contributed by atoms with Gasteiger partial charge in [0.25, 0.3) is 0 Å². The highest BCUT2D eigenvalue weighted by atomic mass is 32.2. The van der Waals surface area contributed by atoms with Crippen molar-refractivity contribution in [3.63, 3.8) is 0 Å². The summed E-state index contributed by atoms with van der Waals surface area (Å²) in [6.45, 7) is 1.97. The zero-order valence-corrected chi connectivity index (χ0v) is 13.1. The first-order valence-corrected chi connectivity index (χ1v) is 9.84. The molecule has 0 amide bonds. The molecule has 0 spiro atoms. The highest BCUT2D eigenvalue weighted by molar-refractivity contribution is 7.92. The number of benzene rings is 1. The van der Waals surface area contributed by atoms with Crippen molar-refractivity contribution >= 4 is 31.4 Å². The Morgan fingerprint density at radius 2 is 1.95 bits per heavy atom. The summed E-state index contributed by atoms with van der Waals surface area (Å²) in [4.78, 5) is 0. The molecule has 112 valence electrons. The number of fused-ring (bicyclic) bond motifs is 1. The maximum absolute atomic E-state index is 11.8. The van der Waals surface area contributed by atoms with Crippen LogP contribution in [0.5, 0.6) is 0 Å². The Balaban J connectivity index is 2.43. The third-order valence-corrected chi connectivity index (χ3v) is 5.70. The summed E-state index contributed by atoms with van der Waals surface area (Å²) in [5.74, 6) is -0.0279. The van der Waals surface area contributed by atoms with Gasteiger partial charge in [0.2, 0.25) is 20.0 Å². The second kappa shape index (κ2) is 5.25. The molecule has 6 nitrogen and oxygen atoms in total. The molecule has 1 aromatic carbocycles. The normalized spacial score (nSPS) is 15.8. The fourth-order valence-corrected chi connectivity index (χ4v) is 3.82. The number of hydrogen-bond acceptors (Lipinski definition) is 4. The van der Waals surface area contributed by atoms with Crippen LogP contribution in [0.25, 0.3) is 0 Å². The van der Waals surface area contributed by atoms with Crippen molar-refractivity contribution < 1.29 is 16.8 Å². The van der Waals surface area contributed by atoms with Gasteiger partial charge in [-0.15, -0.1) is 0 Å². The van der Waals surface area contributed by atoms with E-state index < -0.39 is 20.0 Å². The Hall–Kier alpha value is -1.28. The molecule has 0 saturated heterocycles. The molecule has 8 heteroatoms. The van der Waals surface area contributed by atoms with Crippen LogP contribution in [0.15, 0.2) is 18.2 Å². The van der Waals surface area contributed by atoms with Crippen molar-refractivity contribution in [2.24, 2.45) is 0 Å². The fraction of sp³-hybridized carbons (Fsp3) is 0.500. The molecule has 0 saturated carbocycles. The van der Waals surface area contributed by atoms with Crippen LogP contribution in [0.4, 0.5) is 11.4 Å². The number of rotatable bonds is 4. The van der Waals surface area contributed by atoms with Crippen molar-refractivity contribution in [3.05, 3.63) is 23.8 Å². The van der Waals surface area contributed by atoms with Gasteiger partial charge in [0, 0.05) is 6.54 Å². The van der Waals surface area contributed by atoms with E-state index in [0.29, 0.717) is 17.9 Å². The average molecular weight is 318 g/mol. The third-order valence-electron chi connectivity index (χ3n) is 3.22. The van der Waals surface area contributed by atoms with Gasteiger partial charge in [-0.3, -0.25) is 9.03 Å². The summed E-state index contributed by atoms with van der Waals surface area (Å²) in [5, 5.41) is 0. The van der Waals surface area contributed by atoms with E-state index in [2.05, 4.69) is 4.72 Å². The van der Waals surface area contributed by atoms with E-state index in [1.54, 1.807) is 25.1 Å². The van der Waals surface area contributed by atoms with Gasteiger partial charge in [-0.05, 0) is 37.5 Å². The first-order valence-electron chi connectivity index (χ1n) is 6.34. The Bertz CT molecular complexity index is 711. The molecule has 0 fully saturated rings.